The number of ether oxygens (including phenoxy) is 2. The molecule has 2 unspecified atom stereocenters. The number of rotatable bonds is 16. The fraction of sp³-hybridized carbons (Fsp3) is 0.379. The van der Waals surface area contributed by atoms with Gasteiger partial charge in [0.2, 0.25) is 0 Å². The lowest BCUT2D eigenvalue weighted by molar-refractivity contribution is 0.0995. The summed E-state index contributed by atoms with van der Waals surface area (Å²) < 4.78 is 11.3. The van der Waals surface area contributed by atoms with Gasteiger partial charge in [-0.25, -0.2) is 0 Å². The van der Waals surface area contributed by atoms with Gasteiger partial charge < -0.3 is 36.1 Å². The average molecular weight is 494 g/mol. The highest BCUT2D eigenvalue weighted by Crippen LogP contribution is 2.20. The van der Waals surface area contributed by atoms with Crippen LogP contribution in [0.5, 0.6) is 11.5 Å². The van der Waals surface area contributed by atoms with E-state index >= 15 is 0 Å². The van der Waals surface area contributed by atoms with Crippen LogP contribution in [0, 0.1) is 0 Å². The minimum Gasteiger partial charge on any atom is -0.491 e. The van der Waals surface area contributed by atoms with Crippen molar-refractivity contribution in [1.29, 1.82) is 0 Å². The molecule has 0 radical (unpaired) electrons. The van der Waals surface area contributed by atoms with Crippen LogP contribution in [0.4, 0.5) is 0 Å². The van der Waals surface area contributed by atoms with Gasteiger partial charge in [0.05, 0.1) is 0 Å². The molecule has 36 heavy (non-hydrogen) atoms. The molecule has 6 N–H and O–H groups in total. The largest absolute Gasteiger partial charge is 0.491 e. The molecule has 7 nitrogen and oxygen atoms in total. The Morgan fingerprint density at radius 2 is 1.22 bits per heavy atom. The molecule has 0 heterocycles. The predicted molar refractivity (Wildman–Crippen MR) is 143 cm³/mol. The molecule has 0 spiro atoms. The van der Waals surface area contributed by atoms with Crippen molar-refractivity contribution in [3.63, 3.8) is 0 Å². The zero-order valence-corrected chi connectivity index (χ0v) is 20.9. The van der Waals surface area contributed by atoms with Gasteiger partial charge in [-0.3, -0.25) is 0 Å². The minimum atomic E-state index is -0.656. The van der Waals surface area contributed by atoms with Crippen molar-refractivity contribution in [2.75, 3.05) is 26.3 Å². The third-order valence-electron chi connectivity index (χ3n) is 5.88. The Bertz CT molecular complexity index is 973. The first-order chi connectivity index (χ1) is 17.5. The highest BCUT2D eigenvalue weighted by Gasteiger charge is 2.18. The van der Waals surface area contributed by atoms with Gasteiger partial charge in [-0.05, 0) is 48.7 Å². The van der Waals surface area contributed by atoms with Gasteiger partial charge in [0.25, 0.3) is 0 Å². The van der Waals surface area contributed by atoms with Crippen molar-refractivity contribution in [3.8, 4) is 11.5 Å². The predicted octanol–water partition coefficient (Wildman–Crippen LogP) is 3.02. The second-order valence-electron chi connectivity index (χ2n) is 9.01. The summed E-state index contributed by atoms with van der Waals surface area (Å²) in [4.78, 5) is 0. The molecule has 0 aliphatic carbocycles. The van der Waals surface area contributed by atoms with E-state index in [2.05, 4.69) is 29.7 Å². The number of aliphatic hydroxyl groups is 2. The first-order valence-electron chi connectivity index (χ1n) is 12.5. The fourth-order valence-electron chi connectivity index (χ4n) is 3.81. The van der Waals surface area contributed by atoms with E-state index in [4.69, 9.17) is 15.2 Å². The second kappa shape index (κ2) is 15.2. The molecule has 0 aromatic heterocycles. The van der Waals surface area contributed by atoms with E-state index in [0.29, 0.717) is 19.6 Å². The summed E-state index contributed by atoms with van der Waals surface area (Å²) in [5.41, 5.74) is 7.95. The SMILES string of the molecule is CC(CC(NC[C@H](O)COc1ccccc1)c1ccc(CN)cc1)NC[C@H](O)COc1ccccc1. The molecule has 0 saturated carbocycles. The van der Waals surface area contributed by atoms with Crippen LogP contribution in [0.15, 0.2) is 84.9 Å². The molecule has 0 aliphatic heterocycles. The summed E-state index contributed by atoms with van der Waals surface area (Å²) in [6, 6.07) is 27.3. The van der Waals surface area contributed by atoms with Crippen molar-refractivity contribution >= 4 is 0 Å². The Labute approximate surface area is 214 Å². The van der Waals surface area contributed by atoms with Crippen LogP contribution in [0.3, 0.4) is 0 Å². The van der Waals surface area contributed by atoms with Gasteiger partial charge >= 0.3 is 0 Å². The minimum absolute atomic E-state index is 0.00316. The summed E-state index contributed by atoms with van der Waals surface area (Å²) in [6.45, 7) is 3.81. The Hall–Kier alpha value is -2.94. The standard InChI is InChI=1S/C29H39N3O4/c1-22(31-18-25(33)20-35-27-8-4-2-5-9-27)16-29(24-14-12-23(17-30)13-15-24)32-19-26(34)21-36-28-10-6-3-7-11-28/h2-15,22,25-26,29,31-34H,16-21,30H2,1H3/t22?,25-,26-,29?/m0/s1. The Balaban J connectivity index is 1.49. The van der Waals surface area contributed by atoms with Crippen LogP contribution in [-0.2, 0) is 6.54 Å². The molecule has 0 amide bonds. The Morgan fingerprint density at radius 3 is 1.72 bits per heavy atom. The van der Waals surface area contributed by atoms with Crippen LogP contribution in [0.2, 0.25) is 0 Å². The number of aliphatic hydroxyl groups excluding tert-OH is 2. The van der Waals surface area contributed by atoms with E-state index in [9.17, 15) is 10.2 Å². The monoisotopic (exact) mass is 493 g/mol. The third kappa shape index (κ3) is 9.97. The van der Waals surface area contributed by atoms with Gasteiger partial charge in [0.15, 0.2) is 0 Å². The molecule has 4 atom stereocenters. The van der Waals surface area contributed by atoms with Crippen molar-refractivity contribution in [2.24, 2.45) is 5.73 Å². The van der Waals surface area contributed by atoms with E-state index in [-0.39, 0.29) is 25.3 Å². The second-order valence-corrected chi connectivity index (χ2v) is 9.01. The van der Waals surface area contributed by atoms with Crippen LogP contribution in [0.1, 0.15) is 30.5 Å². The summed E-state index contributed by atoms with van der Waals surface area (Å²) in [5, 5.41) is 27.7. The summed E-state index contributed by atoms with van der Waals surface area (Å²) in [6.07, 6.45) is -0.517. The smallest absolute Gasteiger partial charge is 0.119 e. The molecule has 0 fully saturated rings. The summed E-state index contributed by atoms with van der Waals surface area (Å²) >= 11 is 0. The van der Waals surface area contributed by atoms with E-state index in [1.165, 1.54) is 0 Å². The molecule has 3 aromatic carbocycles. The quantitative estimate of drug-likeness (QED) is 0.209. The van der Waals surface area contributed by atoms with E-state index in [1.807, 2.05) is 72.8 Å². The number of hydrogen-bond donors (Lipinski definition) is 5. The average Bonchev–Trinajstić information content (AvgIpc) is 2.93. The highest BCUT2D eigenvalue weighted by atomic mass is 16.5. The first kappa shape index (κ1) is 27.6. The van der Waals surface area contributed by atoms with Crippen LogP contribution in [0.25, 0.3) is 0 Å². The number of para-hydroxylation sites is 2. The molecule has 0 saturated heterocycles. The number of nitrogens with one attached hydrogen (secondary N) is 2. The van der Waals surface area contributed by atoms with Gasteiger partial charge in [0.1, 0.15) is 36.9 Å². The topological polar surface area (TPSA) is 109 Å². The third-order valence-corrected chi connectivity index (χ3v) is 5.88. The van der Waals surface area contributed by atoms with Gasteiger partial charge in [0, 0.05) is 31.7 Å². The zero-order valence-electron chi connectivity index (χ0n) is 20.9. The van der Waals surface area contributed by atoms with Crippen molar-refractivity contribution in [3.05, 3.63) is 96.1 Å². The van der Waals surface area contributed by atoms with Crippen LogP contribution < -0.4 is 25.8 Å². The zero-order chi connectivity index (χ0) is 25.6. The van der Waals surface area contributed by atoms with E-state index < -0.39 is 12.2 Å². The molecule has 0 bridgehead atoms. The van der Waals surface area contributed by atoms with Crippen LogP contribution >= 0.6 is 0 Å². The molecular formula is C29H39N3O4. The normalized spacial score (nSPS) is 14.6. The molecule has 0 aliphatic rings. The summed E-state index contributed by atoms with van der Waals surface area (Å²) in [7, 11) is 0. The lowest BCUT2D eigenvalue weighted by atomic mass is 9.98. The maximum absolute atomic E-state index is 10.5. The maximum Gasteiger partial charge on any atom is 0.119 e. The number of hydrogen-bond acceptors (Lipinski definition) is 7. The fourth-order valence-corrected chi connectivity index (χ4v) is 3.81. The molecule has 194 valence electrons. The molecule has 7 heteroatoms. The number of benzene rings is 3. The van der Waals surface area contributed by atoms with Crippen molar-refractivity contribution in [1.82, 2.24) is 10.6 Å². The van der Waals surface area contributed by atoms with Gasteiger partial charge in [-0.1, -0.05) is 60.7 Å². The first-order valence-corrected chi connectivity index (χ1v) is 12.5. The lowest BCUT2D eigenvalue weighted by Crippen LogP contribution is -2.40. The van der Waals surface area contributed by atoms with Gasteiger partial charge in [-0.2, -0.15) is 0 Å². The lowest BCUT2D eigenvalue weighted by Gasteiger charge is -2.26. The Morgan fingerprint density at radius 1 is 0.722 bits per heavy atom. The van der Waals surface area contributed by atoms with E-state index in [1.54, 1.807) is 0 Å². The van der Waals surface area contributed by atoms with Gasteiger partial charge in [-0.15, -0.1) is 0 Å². The highest BCUT2D eigenvalue weighted by molar-refractivity contribution is 5.25. The van der Waals surface area contributed by atoms with Crippen LogP contribution in [-0.4, -0.2) is 54.8 Å². The molecular weight excluding hydrogens is 454 g/mol. The molecule has 3 aromatic rings. The van der Waals surface area contributed by atoms with E-state index in [0.717, 1.165) is 29.0 Å². The summed E-state index contributed by atoms with van der Waals surface area (Å²) in [5.74, 6) is 1.47. The molecule has 3 rings (SSSR count). The number of nitrogens with two attached hydrogens (primary N) is 1. The Kier molecular flexibility index (Phi) is 11.7. The maximum atomic E-state index is 10.5. The van der Waals surface area contributed by atoms with Crippen molar-refractivity contribution < 1.29 is 19.7 Å². The van der Waals surface area contributed by atoms with Crippen molar-refractivity contribution in [2.45, 2.75) is 44.2 Å².